The molecule has 0 saturated carbocycles. The van der Waals surface area contributed by atoms with Crippen LogP contribution in [0.4, 0.5) is 5.95 Å². The van der Waals surface area contributed by atoms with Crippen LogP contribution in [0.15, 0.2) is 11.4 Å². The third kappa shape index (κ3) is 3.10. The normalized spacial score (nSPS) is 11.1. The van der Waals surface area contributed by atoms with E-state index in [1.807, 2.05) is 11.4 Å². The number of anilines is 1. The summed E-state index contributed by atoms with van der Waals surface area (Å²) in [7, 11) is 0. The third-order valence-electron chi connectivity index (χ3n) is 2.38. The van der Waals surface area contributed by atoms with Crippen LogP contribution in [-0.4, -0.2) is 23.1 Å². The minimum Gasteiger partial charge on any atom is -0.477 e. The minimum absolute atomic E-state index is 0.487. The Balaban J connectivity index is 2.26. The van der Waals surface area contributed by atoms with E-state index in [9.17, 15) is 0 Å². The van der Waals surface area contributed by atoms with Gasteiger partial charge in [-0.1, -0.05) is 20.8 Å². The number of nitrogens with one attached hydrogen (secondary N) is 1. The molecule has 0 aliphatic carbocycles. The fourth-order valence-electron chi connectivity index (χ4n) is 1.50. The summed E-state index contributed by atoms with van der Waals surface area (Å²) >= 11 is 1.61. The number of fused-ring (bicyclic) bond motifs is 1. The van der Waals surface area contributed by atoms with Gasteiger partial charge in [-0.05, 0) is 23.8 Å². The second kappa shape index (κ2) is 6.00. The minimum atomic E-state index is 0.487. The maximum absolute atomic E-state index is 5.78. The van der Waals surface area contributed by atoms with Gasteiger partial charge in [0.1, 0.15) is 4.83 Å². The number of nitrogens with zero attached hydrogens (tertiary/aromatic N) is 2. The first-order valence-electron chi connectivity index (χ1n) is 6.32. The molecular weight excluding hydrogens is 246 g/mol. The standard InChI is InChI=1S/C13H19N3OS/c1-4-6-14-13-15-11(17-8-9(2)3)10-5-7-18-12(10)16-13/h5,7,9H,4,6,8H2,1-3H3,(H,14,15,16). The first-order valence-corrected chi connectivity index (χ1v) is 7.20. The Morgan fingerprint density at radius 2 is 2.22 bits per heavy atom. The van der Waals surface area contributed by atoms with Crippen molar-refractivity contribution in [1.82, 2.24) is 9.97 Å². The number of hydrogen-bond acceptors (Lipinski definition) is 5. The van der Waals surface area contributed by atoms with Crippen molar-refractivity contribution in [2.75, 3.05) is 18.5 Å². The Morgan fingerprint density at radius 1 is 1.39 bits per heavy atom. The van der Waals surface area contributed by atoms with E-state index in [4.69, 9.17) is 4.74 Å². The molecule has 4 nitrogen and oxygen atoms in total. The van der Waals surface area contributed by atoms with Gasteiger partial charge in [0.25, 0.3) is 0 Å². The van der Waals surface area contributed by atoms with Crippen molar-refractivity contribution < 1.29 is 4.74 Å². The Morgan fingerprint density at radius 3 is 2.94 bits per heavy atom. The first kappa shape index (κ1) is 13.1. The van der Waals surface area contributed by atoms with Crippen LogP contribution in [0.3, 0.4) is 0 Å². The number of aromatic nitrogens is 2. The Bertz CT molecular complexity index is 510. The summed E-state index contributed by atoms with van der Waals surface area (Å²) in [6, 6.07) is 2.01. The van der Waals surface area contributed by atoms with E-state index in [2.05, 4.69) is 36.1 Å². The second-order valence-electron chi connectivity index (χ2n) is 4.62. The lowest BCUT2D eigenvalue weighted by Gasteiger charge is -2.10. The van der Waals surface area contributed by atoms with Crippen LogP contribution in [0.5, 0.6) is 5.88 Å². The van der Waals surface area contributed by atoms with E-state index >= 15 is 0 Å². The lowest BCUT2D eigenvalue weighted by Crippen LogP contribution is -2.09. The molecule has 0 aliphatic rings. The van der Waals surface area contributed by atoms with Crippen LogP contribution >= 0.6 is 11.3 Å². The zero-order chi connectivity index (χ0) is 13.0. The van der Waals surface area contributed by atoms with Crippen molar-refractivity contribution >= 4 is 27.5 Å². The van der Waals surface area contributed by atoms with Gasteiger partial charge in [-0.25, -0.2) is 4.98 Å². The number of hydrogen-bond donors (Lipinski definition) is 1. The van der Waals surface area contributed by atoms with Gasteiger partial charge in [0.15, 0.2) is 0 Å². The van der Waals surface area contributed by atoms with Gasteiger partial charge in [-0.3, -0.25) is 0 Å². The molecule has 2 rings (SSSR count). The molecule has 2 aromatic rings. The molecule has 2 heterocycles. The van der Waals surface area contributed by atoms with E-state index in [1.165, 1.54) is 0 Å². The van der Waals surface area contributed by atoms with Gasteiger partial charge >= 0.3 is 0 Å². The molecule has 0 aliphatic heterocycles. The Kier molecular flexibility index (Phi) is 4.36. The summed E-state index contributed by atoms with van der Waals surface area (Å²) in [5, 5.41) is 6.23. The van der Waals surface area contributed by atoms with Crippen molar-refractivity contribution in [3.8, 4) is 5.88 Å². The van der Waals surface area contributed by atoms with E-state index in [-0.39, 0.29) is 0 Å². The quantitative estimate of drug-likeness (QED) is 0.867. The third-order valence-corrected chi connectivity index (χ3v) is 3.18. The highest BCUT2D eigenvalue weighted by atomic mass is 32.1. The van der Waals surface area contributed by atoms with Gasteiger partial charge in [0, 0.05) is 6.54 Å². The molecule has 0 fully saturated rings. The van der Waals surface area contributed by atoms with E-state index < -0.39 is 0 Å². The average Bonchev–Trinajstić information content (AvgIpc) is 2.81. The van der Waals surface area contributed by atoms with Gasteiger partial charge in [0.2, 0.25) is 11.8 Å². The molecule has 5 heteroatoms. The fraction of sp³-hybridized carbons (Fsp3) is 0.538. The zero-order valence-corrected chi connectivity index (χ0v) is 11.9. The largest absolute Gasteiger partial charge is 0.477 e. The van der Waals surface area contributed by atoms with Crippen molar-refractivity contribution in [2.45, 2.75) is 27.2 Å². The Hall–Kier alpha value is -1.36. The summed E-state index contributed by atoms with van der Waals surface area (Å²) in [4.78, 5) is 9.90. The van der Waals surface area contributed by atoms with E-state index in [0.29, 0.717) is 24.4 Å². The molecule has 0 radical (unpaired) electrons. The molecular formula is C13H19N3OS. The average molecular weight is 265 g/mol. The van der Waals surface area contributed by atoms with Gasteiger partial charge < -0.3 is 10.1 Å². The maximum atomic E-state index is 5.78. The monoisotopic (exact) mass is 265 g/mol. The molecule has 0 amide bonds. The smallest absolute Gasteiger partial charge is 0.227 e. The highest BCUT2D eigenvalue weighted by Gasteiger charge is 2.10. The topological polar surface area (TPSA) is 47.0 Å². The highest BCUT2D eigenvalue weighted by molar-refractivity contribution is 7.16. The van der Waals surface area contributed by atoms with Crippen LogP contribution in [0.1, 0.15) is 27.2 Å². The molecule has 0 spiro atoms. The van der Waals surface area contributed by atoms with Gasteiger partial charge in [0.05, 0.1) is 12.0 Å². The van der Waals surface area contributed by atoms with Crippen LogP contribution < -0.4 is 10.1 Å². The molecule has 18 heavy (non-hydrogen) atoms. The molecule has 2 aromatic heterocycles. The number of thiophene rings is 1. The van der Waals surface area contributed by atoms with E-state index in [1.54, 1.807) is 11.3 Å². The fourth-order valence-corrected chi connectivity index (χ4v) is 2.25. The van der Waals surface area contributed by atoms with E-state index in [0.717, 1.165) is 23.2 Å². The molecule has 0 unspecified atom stereocenters. The highest BCUT2D eigenvalue weighted by Crippen LogP contribution is 2.28. The van der Waals surface area contributed by atoms with Gasteiger partial charge in [-0.2, -0.15) is 4.98 Å². The Labute approximate surface area is 111 Å². The maximum Gasteiger partial charge on any atom is 0.227 e. The molecule has 1 N–H and O–H groups in total. The van der Waals surface area contributed by atoms with Crippen LogP contribution in [0.25, 0.3) is 10.2 Å². The molecule has 0 atom stereocenters. The predicted octanol–water partition coefficient (Wildman–Crippen LogP) is 3.55. The molecule has 98 valence electrons. The lowest BCUT2D eigenvalue weighted by molar-refractivity contribution is 0.265. The van der Waals surface area contributed by atoms with Crippen molar-refractivity contribution in [3.63, 3.8) is 0 Å². The molecule has 0 aromatic carbocycles. The van der Waals surface area contributed by atoms with Crippen molar-refractivity contribution in [1.29, 1.82) is 0 Å². The second-order valence-corrected chi connectivity index (χ2v) is 5.52. The summed E-state index contributed by atoms with van der Waals surface area (Å²) in [5.74, 6) is 1.83. The number of rotatable bonds is 6. The molecule has 0 saturated heterocycles. The van der Waals surface area contributed by atoms with Crippen LogP contribution in [-0.2, 0) is 0 Å². The van der Waals surface area contributed by atoms with Crippen LogP contribution in [0.2, 0.25) is 0 Å². The predicted molar refractivity (Wildman–Crippen MR) is 76.5 cm³/mol. The van der Waals surface area contributed by atoms with Crippen molar-refractivity contribution in [2.24, 2.45) is 5.92 Å². The summed E-state index contributed by atoms with van der Waals surface area (Å²) in [6.07, 6.45) is 1.05. The lowest BCUT2D eigenvalue weighted by atomic mass is 10.2. The summed E-state index contributed by atoms with van der Waals surface area (Å²) in [6.45, 7) is 7.92. The first-order chi connectivity index (χ1) is 8.70. The van der Waals surface area contributed by atoms with Gasteiger partial charge in [-0.15, -0.1) is 11.3 Å². The van der Waals surface area contributed by atoms with Crippen LogP contribution in [0, 0.1) is 5.92 Å². The summed E-state index contributed by atoms with van der Waals surface area (Å²) < 4.78 is 5.78. The number of ether oxygens (including phenoxy) is 1. The zero-order valence-electron chi connectivity index (χ0n) is 11.1. The SMILES string of the molecule is CCCNc1nc(OCC(C)C)c2ccsc2n1. The molecule has 0 bridgehead atoms. The summed E-state index contributed by atoms with van der Waals surface area (Å²) in [5.41, 5.74) is 0. The van der Waals surface area contributed by atoms with Crippen molar-refractivity contribution in [3.05, 3.63) is 11.4 Å².